The molecule has 0 aromatic carbocycles. The number of nitrogens with zero attached hydrogens (tertiary/aromatic N) is 1. The molecule has 14 heavy (non-hydrogen) atoms. The lowest BCUT2D eigenvalue weighted by Crippen LogP contribution is -2.29. The zero-order valence-corrected chi connectivity index (χ0v) is 8.53. The van der Waals surface area contributed by atoms with Crippen molar-refractivity contribution in [3.8, 4) is 0 Å². The second-order valence-electron chi connectivity index (χ2n) is 2.95. The summed E-state index contributed by atoms with van der Waals surface area (Å²) in [5.74, 6) is 0.876. The lowest BCUT2D eigenvalue weighted by molar-refractivity contribution is 0.116. The molecule has 0 saturated carbocycles. The Bertz CT molecular complexity index is 269. The highest BCUT2D eigenvalue weighted by molar-refractivity contribution is 5.67. The van der Waals surface area contributed by atoms with Crippen LogP contribution in [0.15, 0.2) is 22.8 Å². The van der Waals surface area contributed by atoms with Crippen LogP contribution in [0.5, 0.6) is 0 Å². The Morgan fingerprint density at radius 3 is 3.00 bits per heavy atom. The quantitative estimate of drug-likeness (QED) is 0.740. The van der Waals surface area contributed by atoms with Crippen LogP contribution >= 0.6 is 0 Å². The molecule has 0 fully saturated rings. The molecule has 1 aromatic heterocycles. The fourth-order valence-corrected chi connectivity index (χ4v) is 1.06. The molecule has 0 N–H and O–H groups in total. The number of carbonyl (C=O) groups is 1. The first kappa shape index (κ1) is 10.6. The first-order chi connectivity index (χ1) is 6.74. The maximum Gasteiger partial charge on any atom is 0.409 e. The van der Waals surface area contributed by atoms with E-state index >= 15 is 0 Å². The summed E-state index contributed by atoms with van der Waals surface area (Å²) in [6, 6.07) is 3.72. The molecule has 0 aliphatic heterocycles. The molecule has 4 heteroatoms. The summed E-state index contributed by atoms with van der Waals surface area (Å²) in [6.07, 6.45) is 2.04. The molecule has 0 aliphatic carbocycles. The third-order valence-electron chi connectivity index (χ3n) is 1.85. The molecule has 1 rings (SSSR count). The fraction of sp³-hybridized carbons (Fsp3) is 0.500. The Kier molecular flexibility index (Phi) is 4.04. The number of amides is 1. The Morgan fingerprint density at radius 2 is 2.43 bits per heavy atom. The number of carbonyl (C=O) groups excluding carboxylic acids is 1. The van der Waals surface area contributed by atoms with E-state index in [9.17, 15) is 4.79 Å². The van der Waals surface area contributed by atoms with E-state index < -0.39 is 0 Å². The molecule has 0 bridgehead atoms. The fourth-order valence-electron chi connectivity index (χ4n) is 1.06. The van der Waals surface area contributed by atoms with Gasteiger partial charge in [0.2, 0.25) is 0 Å². The maximum absolute atomic E-state index is 11.2. The zero-order chi connectivity index (χ0) is 10.4. The largest absolute Gasteiger partial charge is 0.469 e. The molecule has 0 aliphatic rings. The standard InChI is InChI=1S/C10H15NO3/c1-3-13-10(12)11(2)7-6-9-5-4-8-14-9/h4-5,8H,3,6-7H2,1-2H3. The van der Waals surface area contributed by atoms with Crippen molar-refractivity contribution in [3.05, 3.63) is 24.2 Å². The van der Waals surface area contributed by atoms with E-state index in [1.807, 2.05) is 12.1 Å². The van der Waals surface area contributed by atoms with Crippen LogP contribution in [0, 0.1) is 0 Å². The molecule has 78 valence electrons. The van der Waals surface area contributed by atoms with Gasteiger partial charge in [0.15, 0.2) is 0 Å². The predicted octanol–water partition coefficient (Wildman–Crippen LogP) is 1.91. The third kappa shape index (κ3) is 3.12. The monoisotopic (exact) mass is 197 g/mol. The molecule has 1 heterocycles. The Hall–Kier alpha value is -1.45. The van der Waals surface area contributed by atoms with Gasteiger partial charge in [0.05, 0.1) is 12.9 Å². The number of hydrogen-bond acceptors (Lipinski definition) is 3. The second kappa shape index (κ2) is 5.32. The molecule has 0 saturated heterocycles. The zero-order valence-electron chi connectivity index (χ0n) is 8.53. The van der Waals surface area contributed by atoms with Gasteiger partial charge >= 0.3 is 6.09 Å². The van der Waals surface area contributed by atoms with Gasteiger partial charge in [-0.1, -0.05) is 0 Å². The van der Waals surface area contributed by atoms with Crippen molar-refractivity contribution in [2.75, 3.05) is 20.2 Å². The van der Waals surface area contributed by atoms with Gasteiger partial charge < -0.3 is 14.1 Å². The minimum atomic E-state index is -0.293. The van der Waals surface area contributed by atoms with Gasteiger partial charge in [0.25, 0.3) is 0 Å². The maximum atomic E-state index is 11.2. The van der Waals surface area contributed by atoms with Crippen LogP contribution in [-0.4, -0.2) is 31.2 Å². The highest BCUT2D eigenvalue weighted by atomic mass is 16.5. The predicted molar refractivity (Wildman–Crippen MR) is 52.1 cm³/mol. The third-order valence-corrected chi connectivity index (χ3v) is 1.85. The SMILES string of the molecule is CCOC(=O)N(C)CCc1ccco1. The van der Waals surface area contributed by atoms with Gasteiger partial charge in [-0.25, -0.2) is 4.79 Å². The molecule has 1 amide bonds. The molecule has 4 nitrogen and oxygen atoms in total. The number of furan rings is 1. The van der Waals surface area contributed by atoms with Crippen molar-refractivity contribution in [2.24, 2.45) is 0 Å². The van der Waals surface area contributed by atoms with Crippen LogP contribution in [0.1, 0.15) is 12.7 Å². The average molecular weight is 197 g/mol. The van der Waals surface area contributed by atoms with E-state index in [2.05, 4.69) is 0 Å². The minimum absolute atomic E-state index is 0.293. The van der Waals surface area contributed by atoms with Crippen molar-refractivity contribution >= 4 is 6.09 Å². The van der Waals surface area contributed by atoms with Gasteiger partial charge in [0.1, 0.15) is 5.76 Å². The molecule has 0 atom stereocenters. The van der Waals surface area contributed by atoms with E-state index in [1.165, 1.54) is 4.90 Å². The molecule has 1 aromatic rings. The number of rotatable bonds is 4. The molecular weight excluding hydrogens is 182 g/mol. The van der Waals surface area contributed by atoms with Crippen LogP contribution in [-0.2, 0) is 11.2 Å². The van der Waals surface area contributed by atoms with Crippen molar-refractivity contribution in [1.29, 1.82) is 0 Å². The van der Waals surface area contributed by atoms with E-state index in [-0.39, 0.29) is 6.09 Å². The normalized spacial score (nSPS) is 9.86. The number of likely N-dealkylation sites (N-methyl/N-ethyl adjacent to an activating group) is 1. The smallest absolute Gasteiger partial charge is 0.409 e. The topological polar surface area (TPSA) is 42.7 Å². The molecule has 0 unspecified atom stereocenters. The van der Waals surface area contributed by atoms with Gasteiger partial charge in [-0.15, -0.1) is 0 Å². The number of ether oxygens (including phenoxy) is 1. The summed E-state index contributed by atoms with van der Waals surface area (Å²) in [5.41, 5.74) is 0. The first-order valence-corrected chi connectivity index (χ1v) is 4.64. The first-order valence-electron chi connectivity index (χ1n) is 4.64. The highest BCUT2D eigenvalue weighted by Gasteiger charge is 2.08. The Labute approximate surface area is 83.5 Å². The molecule has 0 spiro atoms. The van der Waals surface area contributed by atoms with Crippen molar-refractivity contribution in [3.63, 3.8) is 0 Å². The summed E-state index contributed by atoms with van der Waals surface area (Å²) in [4.78, 5) is 12.7. The van der Waals surface area contributed by atoms with Gasteiger partial charge in [0, 0.05) is 20.0 Å². The highest BCUT2D eigenvalue weighted by Crippen LogP contribution is 2.02. The van der Waals surface area contributed by atoms with Crippen molar-refractivity contribution in [1.82, 2.24) is 4.90 Å². The van der Waals surface area contributed by atoms with Gasteiger partial charge in [-0.2, -0.15) is 0 Å². The second-order valence-corrected chi connectivity index (χ2v) is 2.95. The summed E-state index contributed by atoms with van der Waals surface area (Å²) in [6.45, 7) is 2.80. The summed E-state index contributed by atoms with van der Waals surface area (Å²) in [7, 11) is 1.71. The Morgan fingerprint density at radius 1 is 1.64 bits per heavy atom. The average Bonchev–Trinajstić information content (AvgIpc) is 2.67. The summed E-state index contributed by atoms with van der Waals surface area (Å²) < 4.78 is 9.97. The Balaban J connectivity index is 2.27. The van der Waals surface area contributed by atoms with Gasteiger partial charge in [-0.05, 0) is 19.1 Å². The lowest BCUT2D eigenvalue weighted by Gasteiger charge is -2.15. The minimum Gasteiger partial charge on any atom is -0.469 e. The molecule has 0 radical (unpaired) electrons. The van der Waals surface area contributed by atoms with E-state index in [0.717, 1.165) is 5.76 Å². The summed E-state index contributed by atoms with van der Waals surface area (Å²) in [5, 5.41) is 0. The van der Waals surface area contributed by atoms with E-state index in [1.54, 1.807) is 20.2 Å². The van der Waals surface area contributed by atoms with Crippen LogP contribution in [0.25, 0.3) is 0 Å². The van der Waals surface area contributed by atoms with E-state index in [4.69, 9.17) is 9.15 Å². The van der Waals surface area contributed by atoms with Gasteiger partial charge in [-0.3, -0.25) is 0 Å². The van der Waals surface area contributed by atoms with Crippen molar-refractivity contribution in [2.45, 2.75) is 13.3 Å². The van der Waals surface area contributed by atoms with Crippen molar-refractivity contribution < 1.29 is 13.9 Å². The van der Waals surface area contributed by atoms with Crippen LogP contribution in [0.3, 0.4) is 0 Å². The number of hydrogen-bond donors (Lipinski definition) is 0. The summed E-state index contributed by atoms with van der Waals surface area (Å²) >= 11 is 0. The molecular formula is C10H15NO3. The van der Waals surface area contributed by atoms with E-state index in [0.29, 0.717) is 19.6 Å². The lowest BCUT2D eigenvalue weighted by atomic mass is 10.3. The van der Waals surface area contributed by atoms with Crippen LogP contribution < -0.4 is 0 Å². The van der Waals surface area contributed by atoms with Crippen LogP contribution in [0.4, 0.5) is 4.79 Å². The van der Waals surface area contributed by atoms with Crippen LogP contribution in [0.2, 0.25) is 0 Å².